The number of nitrogens with one attached hydrogen (secondary N) is 1. The van der Waals surface area contributed by atoms with Gasteiger partial charge in [-0.1, -0.05) is 13.8 Å². The van der Waals surface area contributed by atoms with Crippen molar-refractivity contribution in [3.8, 4) is 0 Å². The van der Waals surface area contributed by atoms with Crippen molar-refractivity contribution in [2.45, 2.75) is 44.4 Å². The summed E-state index contributed by atoms with van der Waals surface area (Å²) < 4.78 is 0. The van der Waals surface area contributed by atoms with Crippen LogP contribution in [0.5, 0.6) is 0 Å². The second-order valence-electron chi connectivity index (χ2n) is 3.52. The molecule has 1 heterocycles. The molecule has 66 valence electrons. The predicted octanol–water partition coefficient (Wildman–Crippen LogP) is 2.08. The van der Waals surface area contributed by atoms with Crippen LogP contribution in [0.15, 0.2) is 0 Å². The van der Waals surface area contributed by atoms with Crippen LogP contribution in [0.25, 0.3) is 0 Å². The summed E-state index contributed by atoms with van der Waals surface area (Å²) in [6.07, 6.45) is 3.93. The zero-order valence-corrected chi connectivity index (χ0v) is 8.40. The van der Waals surface area contributed by atoms with Gasteiger partial charge >= 0.3 is 0 Å². The lowest BCUT2D eigenvalue weighted by Crippen LogP contribution is -2.43. The Kier molecular flexibility index (Phi) is 3.73. The molecule has 0 aliphatic carbocycles. The molecule has 0 saturated carbocycles. The molecule has 1 rings (SSSR count). The molecule has 3 atom stereocenters. The summed E-state index contributed by atoms with van der Waals surface area (Å²) >= 11 is 4.51. The largest absolute Gasteiger partial charge is 0.314 e. The highest BCUT2D eigenvalue weighted by Crippen LogP contribution is 2.24. The van der Waals surface area contributed by atoms with Crippen molar-refractivity contribution in [2.24, 2.45) is 5.92 Å². The van der Waals surface area contributed by atoms with Gasteiger partial charge in [-0.15, -0.1) is 0 Å². The van der Waals surface area contributed by atoms with Crippen LogP contribution in [0, 0.1) is 5.92 Å². The number of piperidine rings is 1. The third kappa shape index (κ3) is 2.38. The molecule has 0 radical (unpaired) electrons. The zero-order chi connectivity index (χ0) is 8.27. The fourth-order valence-electron chi connectivity index (χ4n) is 2.00. The van der Waals surface area contributed by atoms with Crippen molar-refractivity contribution in [3.63, 3.8) is 0 Å². The maximum absolute atomic E-state index is 4.51. The average molecular weight is 173 g/mol. The minimum atomic E-state index is 0.549. The minimum Gasteiger partial charge on any atom is -0.314 e. The zero-order valence-electron chi connectivity index (χ0n) is 7.51. The lowest BCUT2D eigenvalue weighted by Gasteiger charge is -2.34. The van der Waals surface area contributed by atoms with Gasteiger partial charge < -0.3 is 5.32 Å². The smallest absolute Gasteiger partial charge is 0.0103 e. The molecule has 1 saturated heterocycles. The lowest BCUT2D eigenvalue weighted by atomic mass is 9.87. The number of thiol groups is 1. The maximum atomic E-state index is 4.51. The van der Waals surface area contributed by atoms with Crippen LogP contribution in [0.4, 0.5) is 0 Å². The second kappa shape index (κ2) is 4.36. The summed E-state index contributed by atoms with van der Waals surface area (Å²) in [5.41, 5.74) is 0. The lowest BCUT2D eigenvalue weighted by molar-refractivity contribution is 0.273. The molecular weight excluding hydrogens is 154 g/mol. The van der Waals surface area contributed by atoms with Crippen molar-refractivity contribution >= 4 is 12.6 Å². The fourth-order valence-corrected chi connectivity index (χ4v) is 2.36. The Morgan fingerprint density at radius 2 is 2.36 bits per heavy atom. The molecule has 1 aliphatic heterocycles. The molecule has 11 heavy (non-hydrogen) atoms. The van der Waals surface area contributed by atoms with E-state index in [0.717, 1.165) is 12.0 Å². The van der Waals surface area contributed by atoms with E-state index in [1.54, 1.807) is 0 Å². The first-order chi connectivity index (χ1) is 5.25. The fraction of sp³-hybridized carbons (Fsp3) is 1.00. The summed E-state index contributed by atoms with van der Waals surface area (Å²) in [6.45, 7) is 5.67. The van der Waals surface area contributed by atoms with E-state index in [1.165, 1.54) is 25.8 Å². The Morgan fingerprint density at radius 1 is 1.64 bits per heavy atom. The van der Waals surface area contributed by atoms with Crippen LogP contribution in [-0.4, -0.2) is 17.8 Å². The third-order valence-corrected chi connectivity index (χ3v) is 3.08. The monoisotopic (exact) mass is 173 g/mol. The minimum absolute atomic E-state index is 0.549. The van der Waals surface area contributed by atoms with Gasteiger partial charge in [0.15, 0.2) is 0 Å². The molecule has 0 spiro atoms. The Morgan fingerprint density at radius 3 is 2.82 bits per heavy atom. The summed E-state index contributed by atoms with van der Waals surface area (Å²) in [4.78, 5) is 0. The third-order valence-electron chi connectivity index (χ3n) is 2.70. The second-order valence-corrected chi connectivity index (χ2v) is 4.33. The molecule has 1 unspecified atom stereocenters. The Bertz CT molecular complexity index is 114. The normalized spacial score (nSPS) is 35.2. The first-order valence-electron chi connectivity index (χ1n) is 4.67. The maximum Gasteiger partial charge on any atom is 0.0103 e. The standard InChI is InChI=1S/C9H19NS/c1-3-9-8(7(2)11)5-4-6-10-9/h7-11H,3-6H2,1-2H3/t7-,8-,9?/m1/s1. The van der Waals surface area contributed by atoms with Crippen LogP contribution in [0.3, 0.4) is 0 Å². The summed E-state index contributed by atoms with van der Waals surface area (Å²) in [5.74, 6) is 0.789. The summed E-state index contributed by atoms with van der Waals surface area (Å²) in [7, 11) is 0. The van der Waals surface area contributed by atoms with Gasteiger partial charge in [0.05, 0.1) is 0 Å². The molecule has 0 aromatic rings. The summed E-state index contributed by atoms with van der Waals surface area (Å²) in [5, 5.41) is 4.10. The molecule has 0 bridgehead atoms. The van der Waals surface area contributed by atoms with Crippen molar-refractivity contribution in [3.05, 3.63) is 0 Å². The van der Waals surface area contributed by atoms with Crippen LogP contribution < -0.4 is 5.32 Å². The first kappa shape index (κ1) is 9.40. The molecule has 0 aromatic carbocycles. The Labute approximate surface area is 75.4 Å². The van der Waals surface area contributed by atoms with Gasteiger partial charge in [-0.3, -0.25) is 0 Å². The van der Waals surface area contributed by atoms with Gasteiger partial charge in [-0.25, -0.2) is 0 Å². The van der Waals surface area contributed by atoms with E-state index >= 15 is 0 Å². The highest BCUT2D eigenvalue weighted by Gasteiger charge is 2.25. The average Bonchev–Trinajstić information content (AvgIpc) is 2.04. The van der Waals surface area contributed by atoms with Gasteiger partial charge in [0.2, 0.25) is 0 Å². The quantitative estimate of drug-likeness (QED) is 0.609. The number of rotatable bonds is 2. The molecule has 1 nitrogen and oxygen atoms in total. The number of hydrogen-bond donors (Lipinski definition) is 2. The van der Waals surface area contributed by atoms with Crippen molar-refractivity contribution < 1.29 is 0 Å². The first-order valence-corrected chi connectivity index (χ1v) is 5.18. The van der Waals surface area contributed by atoms with Gasteiger partial charge in [-0.05, 0) is 31.7 Å². The number of hydrogen-bond acceptors (Lipinski definition) is 2. The van der Waals surface area contributed by atoms with Crippen LogP contribution in [-0.2, 0) is 0 Å². The molecule has 1 aliphatic rings. The molecule has 1 fully saturated rings. The van der Waals surface area contributed by atoms with E-state index in [0.29, 0.717) is 5.25 Å². The highest BCUT2D eigenvalue weighted by molar-refractivity contribution is 7.80. The van der Waals surface area contributed by atoms with E-state index in [1.807, 2.05) is 0 Å². The van der Waals surface area contributed by atoms with Crippen LogP contribution in [0.1, 0.15) is 33.1 Å². The molecule has 2 heteroatoms. The molecule has 0 amide bonds. The van der Waals surface area contributed by atoms with Crippen LogP contribution in [0.2, 0.25) is 0 Å². The Balaban J connectivity index is 2.44. The SMILES string of the molecule is CCC1NCCC[C@@H]1[C@@H](C)S. The molecule has 0 aromatic heterocycles. The van der Waals surface area contributed by atoms with E-state index < -0.39 is 0 Å². The molecule has 1 N–H and O–H groups in total. The van der Waals surface area contributed by atoms with Crippen molar-refractivity contribution in [1.82, 2.24) is 5.32 Å². The van der Waals surface area contributed by atoms with Gasteiger partial charge in [0.25, 0.3) is 0 Å². The van der Waals surface area contributed by atoms with E-state index in [2.05, 4.69) is 31.8 Å². The topological polar surface area (TPSA) is 12.0 Å². The van der Waals surface area contributed by atoms with Gasteiger partial charge in [-0.2, -0.15) is 12.6 Å². The van der Waals surface area contributed by atoms with E-state index in [9.17, 15) is 0 Å². The van der Waals surface area contributed by atoms with Crippen molar-refractivity contribution in [2.75, 3.05) is 6.54 Å². The van der Waals surface area contributed by atoms with E-state index in [4.69, 9.17) is 0 Å². The van der Waals surface area contributed by atoms with Crippen LogP contribution >= 0.6 is 12.6 Å². The Hall–Kier alpha value is 0.310. The van der Waals surface area contributed by atoms with Crippen molar-refractivity contribution in [1.29, 1.82) is 0 Å². The highest BCUT2D eigenvalue weighted by atomic mass is 32.1. The van der Waals surface area contributed by atoms with E-state index in [-0.39, 0.29) is 0 Å². The van der Waals surface area contributed by atoms with Gasteiger partial charge in [0, 0.05) is 11.3 Å². The predicted molar refractivity (Wildman–Crippen MR) is 53.3 cm³/mol. The summed E-state index contributed by atoms with van der Waals surface area (Å²) in [6, 6.07) is 0.719. The molecular formula is C9H19NS. The van der Waals surface area contributed by atoms with Gasteiger partial charge in [0.1, 0.15) is 0 Å².